The van der Waals surface area contributed by atoms with Gasteiger partial charge in [0.15, 0.2) is 0 Å². The summed E-state index contributed by atoms with van der Waals surface area (Å²) < 4.78 is 0. The van der Waals surface area contributed by atoms with Crippen LogP contribution in [0.4, 0.5) is 0 Å². The molecule has 0 saturated carbocycles. The van der Waals surface area contributed by atoms with E-state index in [-0.39, 0.29) is 12.5 Å². The van der Waals surface area contributed by atoms with E-state index in [9.17, 15) is 14.7 Å². The number of carboxylic acid groups (broad SMARTS) is 1. The molecule has 130 valence electrons. The summed E-state index contributed by atoms with van der Waals surface area (Å²) in [4.78, 5) is 23.1. The molecule has 0 aromatic rings. The third-order valence-electron chi connectivity index (χ3n) is 3.86. The largest absolute Gasteiger partial charge is 0.481 e. The number of aliphatic hydroxyl groups is 1. The number of hydrogen-bond donors (Lipinski definition) is 2. The van der Waals surface area contributed by atoms with Gasteiger partial charge in [0.1, 0.15) is 0 Å². The number of hydrogen-bond acceptors (Lipinski definition) is 3. The highest BCUT2D eigenvalue weighted by Gasteiger charge is 2.06. The molecule has 0 aliphatic heterocycles. The van der Waals surface area contributed by atoms with Crippen LogP contribution in [0.1, 0.15) is 77.6 Å². The number of aliphatic hydroxyl groups excluding tert-OH is 1. The Labute approximate surface area is 134 Å². The van der Waals surface area contributed by atoms with Crippen molar-refractivity contribution < 1.29 is 19.8 Å². The zero-order valence-corrected chi connectivity index (χ0v) is 14.0. The van der Waals surface area contributed by atoms with Crippen LogP contribution in [0.5, 0.6) is 0 Å². The zero-order chi connectivity index (χ0) is 16.6. The highest BCUT2D eigenvalue weighted by Crippen LogP contribution is 2.09. The molecule has 0 heterocycles. The number of aliphatic carboxylic acids is 1. The minimum atomic E-state index is -0.744. The Morgan fingerprint density at radius 1 is 1.00 bits per heavy atom. The maximum atomic E-state index is 11.0. The van der Waals surface area contributed by atoms with Crippen molar-refractivity contribution in [1.82, 2.24) is 4.90 Å². The van der Waals surface area contributed by atoms with Crippen LogP contribution < -0.4 is 0 Å². The Morgan fingerprint density at radius 2 is 1.64 bits per heavy atom. The van der Waals surface area contributed by atoms with Crippen LogP contribution in [0.3, 0.4) is 0 Å². The Kier molecular flexibility index (Phi) is 14.1. The molecule has 5 nitrogen and oxygen atoms in total. The number of rotatable bonds is 16. The number of unbranched alkanes of at least 4 members (excludes halogenated alkanes) is 5. The third-order valence-corrected chi connectivity index (χ3v) is 3.86. The number of carbonyl (C=O) groups excluding carboxylic acids is 1. The summed E-state index contributed by atoms with van der Waals surface area (Å²) in [5, 5.41) is 18.4. The average Bonchev–Trinajstić information content (AvgIpc) is 2.48. The molecule has 2 N–H and O–H groups in total. The Balaban J connectivity index is 3.54. The Hall–Kier alpha value is -1.10. The van der Waals surface area contributed by atoms with Crippen molar-refractivity contribution in [1.29, 1.82) is 0 Å². The molecule has 1 unspecified atom stereocenters. The number of carbonyl (C=O) groups is 2. The summed E-state index contributed by atoms with van der Waals surface area (Å²) in [7, 11) is 0. The number of carboxylic acids is 1. The molecule has 0 aromatic carbocycles. The average molecular weight is 315 g/mol. The molecule has 0 radical (unpaired) electrons. The van der Waals surface area contributed by atoms with E-state index in [4.69, 9.17) is 5.11 Å². The first-order valence-corrected chi connectivity index (χ1v) is 8.69. The molecular formula is C17H33NO4. The van der Waals surface area contributed by atoms with Crippen LogP contribution in [-0.2, 0) is 9.59 Å². The van der Waals surface area contributed by atoms with Crippen LogP contribution >= 0.6 is 0 Å². The van der Waals surface area contributed by atoms with E-state index in [2.05, 4.69) is 6.92 Å². The van der Waals surface area contributed by atoms with Crippen LogP contribution in [-0.4, -0.2) is 46.7 Å². The van der Waals surface area contributed by atoms with Crippen molar-refractivity contribution >= 4 is 12.4 Å². The molecule has 1 amide bonds. The van der Waals surface area contributed by atoms with Gasteiger partial charge in [-0.25, -0.2) is 0 Å². The van der Waals surface area contributed by atoms with Crippen LogP contribution in [0, 0.1) is 0 Å². The van der Waals surface area contributed by atoms with Gasteiger partial charge in [0, 0.05) is 19.5 Å². The lowest BCUT2D eigenvalue weighted by Gasteiger charge is -2.18. The number of nitrogens with zero attached hydrogens (tertiary/aromatic N) is 1. The second-order valence-corrected chi connectivity index (χ2v) is 5.99. The molecule has 0 aliphatic carbocycles. The summed E-state index contributed by atoms with van der Waals surface area (Å²) in [5.41, 5.74) is 0. The standard InChI is InChI=1S/C17H33NO4/c1-2-3-6-10-16(20)11-9-14-18(15-19)13-8-5-4-7-12-17(21)22/h15-16,20H,2-14H2,1H3,(H,21,22). The predicted molar refractivity (Wildman–Crippen MR) is 87.7 cm³/mol. The van der Waals surface area contributed by atoms with Crippen molar-refractivity contribution in [2.45, 2.75) is 83.7 Å². The first-order chi connectivity index (χ1) is 10.6. The highest BCUT2D eigenvalue weighted by molar-refractivity contribution is 5.66. The predicted octanol–water partition coefficient (Wildman–Crippen LogP) is 3.20. The molecule has 5 heteroatoms. The quantitative estimate of drug-likeness (QED) is 0.339. The fourth-order valence-electron chi connectivity index (χ4n) is 2.47. The maximum absolute atomic E-state index is 11.0. The van der Waals surface area contributed by atoms with Gasteiger partial charge in [-0.3, -0.25) is 9.59 Å². The molecule has 0 rings (SSSR count). The van der Waals surface area contributed by atoms with E-state index < -0.39 is 5.97 Å². The fraction of sp³-hybridized carbons (Fsp3) is 0.882. The van der Waals surface area contributed by atoms with Gasteiger partial charge in [0.05, 0.1) is 6.10 Å². The van der Waals surface area contributed by atoms with Crippen molar-refractivity contribution in [2.24, 2.45) is 0 Å². The van der Waals surface area contributed by atoms with E-state index in [1.54, 1.807) is 4.90 Å². The maximum Gasteiger partial charge on any atom is 0.303 e. The summed E-state index contributed by atoms with van der Waals surface area (Å²) in [6, 6.07) is 0. The monoisotopic (exact) mass is 315 g/mol. The SMILES string of the molecule is CCCCCC(O)CCCN(C=O)CCCCCCC(=O)O. The topological polar surface area (TPSA) is 77.8 Å². The van der Waals surface area contributed by atoms with Gasteiger partial charge in [-0.2, -0.15) is 0 Å². The first kappa shape index (κ1) is 20.9. The molecule has 0 saturated heterocycles. The molecule has 0 aliphatic rings. The van der Waals surface area contributed by atoms with E-state index >= 15 is 0 Å². The lowest BCUT2D eigenvalue weighted by atomic mass is 10.1. The van der Waals surface area contributed by atoms with E-state index in [1.165, 1.54) is 6.42 Å². The van der Waals surface area contributed by atoms with Crippen LogP contribution in [0.25, 0.3) is 0 Å². The first-order valence-electron chi connectivity index (χ1n) is 8.69. The molecule has 22 heavy (non-hydrogen) atoms. The highest BCUT2D eigenvalue weighted by atomic mass is 16.4. The lowest BCUT2D eigenvalue weighted by molar-refractivity contribution is -0.137. The van der Waals surface area contributed by atoms with E-state index in [0.29, 0.717) is 13.0 Å². The Bertz CT molecular complexity index is 284. The second-order valence-electron chi connectivity index (χ2n) is 5.99. The second kappa shape index (κ2) is 14.8. The summed E-state index contributed by atoms with van der Waals surface area (Å²) >= 11 is 0. The van der Waals surface area contributed by atoms with Crippen molar-refractivity contribution in [3.05, 3.63) is 0 Å². The molecule has 0 spiro atoms. The zero-order valence-electron chi connectivity index (χ0n) is 14.0. The van der Waals surface area contributed by atoms with Crippen molar-refractivity contribution in [3.8, 4) is 0 Å². The van der Waals surface area contributed by atoms with Gasteiger partial charge in [-0.1, -0.05) is 39.0 Å². The van der Waals surface area contributed by atoms with Gasteiger partial charge in [-0.05, 0) is 32.1 Å². The summed E-state index contributed by atoms with van der Waals surface area (Å²) in [5.74, 6) is -0.744. The summed E-state index contributed by atoms with van der Waals surface area (Å²) in [6.45, 7) is 3.57. The van der Waals surface area contributed by atoms with Crippen LogP contribution in [0.2, 0.25) is 0 Å². The van der Waals surface area contributed by atoms with E-state index in [1.807, 2.05) is 0 Å². The van der Waals surface area contributed by atoms with E-state index in [0.717, 1.165) is 64.3 Å². The number of amides is 1. The van der Waals surface area contributed by atoms with Gasteiger partial charge in [-0.15, -0.1) is 0 Å². The smallest absolute Gasteiger partial charge is 0.303 e. The Morgan fingerprint density at radius 3 is 2.27 bits per heavy atom. The van der Waals surface area contributed by atoms with Gasteiger partial charge < -0.3 is 15.1 Å². The summed E-state index contributed by atoms with van der Waals surface area (Å²) in [6.07, 6.45) is 10.2. The molecule has 0 fully saturated rings. The third kappa shape index (κ3) is 13.9. The minimum Gasteiger partial charge on any atom is -0.481 e. The van der Waals surface area contributed by atoms with Gasteiger partial charge in [0.25, 0.3) is 0 Å². The van der Waals surface area contributed by atoms with Gasteiger partial charge >= 0.3 is 5.97 Å². The molecule has 1 atom stereocenters. The minimum absolute atomic E-state index is 0.229. The fourth-order valence-corrected chi connectivity index (χ4v) is 2.47. The lowest BCUT2D eigenvalue weighted by Crippen LogP contribution is -2.25. The molecule has 0 bridgehead atoms. The van der Waals surface area contributed by atoms with Gasteiger partial charge in [0.2, 0.25) is 6.41 Å². The normalized spacial score (nSPS) is 12.1. The van der Waals surface area contributed by atoms with Crippen molar-refractivity contribution in [2.75, 3.05) is 13.1 Å². The molecular weight excluding hydrogens is 282 g/mol. The van der Waals surface area contributed by atoms with Crippen molar-refractivity contribution in [3.63, 3.8) is 0 Å². The van der Waals surface area contributed by atoms with Crippen LogP contribution in [0.15, 0.2) is 0 Å². The molecule has 0 aromatic heterocycles.